The molecule has 1 saturated heterocycles. The van der Waals surface area contributed by atoms with Crippen LogP contribution in [0.3, 0.4) is 0 Å². The van der Waals surface area contributed by atoms with Crippen LogP contribution in [-0.2, 0) is 4.74 Å². The van der Waals surface area contributed by atoms with Gasteiger partial charge in [0.25, 0.3) is 5.91 Å². The zero-order chi connectivity index (χ0) is 13.8. The number of amides is 1. The Hall–Kier alpha value is -1.75. The molecule has 5 nitrogen and oxygen atoms in total. The van der Waals surface area contributed by atoms with Crippen molar-refractivity contribution in [1.29, 1.82) is 0 Å². The van der Waals surface area contributed by atoms with Gasteiger partial charge in [-0.25, -0.2) is 0 Å². The normalized spacial score (nSPS) is 18.5. The van der Waals surface area contributed by atoms with Crippen molar-refractivity contribution in [2.75, 3.05) is 32.0 Å². The van der Waals surface area contributed by atoms with Crippen LogP contribution in [0.5, 0.6) is 5.75 Å². The van der Waals surface area contributed by atoms with Crippen LogP contribution in [0.25, 0.3) is 0 Å². The van der Waals surface area contributed by atoms with Gasteiger partial charge < -0.3 is 20.5 Å². The number of rotatable bonds is 4. The molecular weight excluding hydrogens is 244 g/mol. The van der Waals surface area contributed by atoms with Gasteiger partial charge in [0, 0.05) is 31.3 Å². The summed E-state index contributed by atoms with van der Waals surface area (Å²) in [5, 5.41) is 9.48. The maximum absolute atomic E-state index is 12.4. The molecule has 0 bridgehead atoms. The molecule has 5 heteroatoms. The van der Waals surface area contributed by atoms with Crippen molar-refractivity contribution in [3.63, 3.8) is 0 Å². The molecule has 1 unspecified atom stereocenters. The zero-order valence-corrected chi connectivity index (χ0v) is 11.1. The van der Waals surface area contributed by atoms with Crippen molar-refractivity contribution in [3.05, 3.63) is 23.8 Å². The number of phenolic OH excluding ortho intramolecular Hbond substituents is 1. The second-order valence-electron chi connectivity index (χ2n) is 4.84. The fraction of sp³-hybridized carbons (Fsp3) is 0.500. The summed E-state index contributed by atoms with van der Waals surface area (Å²) >= 11 is 0. The minimum absolute atomic E-state index is 0.0535. The van der Waals surface area contributed by atoms with Crippen molar-refractivity contribution in [2.24, 2.45) is 5.92 Å². The van der Waals surface area contributed by atoms with Crippen molar-refractivity contribution >= 4 is 11.6 Å². The lowest BCUT2D eigenvalue weighted by Gasteiger charge is -2.24. The standard InChI is InChI=1S/C14H20N2O3/c1-2-16(8-10-5-6-19-9-10)14(18)12-7-11(17)3-4-13(12)15/h3-4,7,10,17H,2,5-6,8-9,15H2,1H3. The van der Waals surface area contributed by atoms with Crippen molar-refractivity contribution < 1.29 is 14.6 Å². The highest BCUT2D eigenvalue weighted by molar-refractivity contribution is 5.99. The number of anilines is 1. The number of aromatic hydroxyl groups is 1. The van der Waals surface area contributed by atoms with Gasteiger partial charge in [-0.05, 0) is 31.5 Å². The number of carbonyl (C=O) groups is 1. The topological polar surface area (TPSA) is 75.8 Å². The largest absolute Gasteiger partial charge is 0.508 e. The molecule has 1 aliphatic rings. The molecule has 0 radical (unpaired) electrons. The number of carbonyl (C=O) groups excluding carboxylic acids is 1. The molecule has 1 fully saturated rings. The molecule has 1 aromatic rings. The van der Waals surface area contributed by atoms with E-state index in [1.54, 1.807) is 11.0 Å². The lowest BCUT2D eigenvalue weighted by atomic mass is 10.1. The molecule has 104 valence electrons. The van der Waals surface area contributed by atoms with E-state index in [-0.39, 0.29) is 11.7 Å². The number of phenols is 1. The Morgan fingerprint density at radius 3 is 3.00 bits per heavy atom. The maximum Gasteiger partial charge on any atom is 0.256 e. The number of benzene rings is 1. The van der Waals surface area contributed by atoms with Gasteiger partial charge in [0.05, 0.1) is 12.2 Å². The fourth-order valence-electron chi connectivity index (χ4n) is 2.29. The summed E-state index contributed by atoms with van der Waals surface area (Å²) < 4.78 is 5.33. The van der Waals surface area contributed by atoms with E-state index in [1.165, 1.54) is 12.1 Å². The van der Waals surface area contributed by atoms with E-state index in [1.807, 2.05) is 6.92 Å². The molecule has 0 aliphatic carbocycles. The van der Waals surface area contributed by atoms with Crippen molar-refractivity contribution in [1.82, 2.24) is 4.90 Å². The molecule has 3 N–H and O–H groups in total. The van der Waals surface area contributed by atoms with Crippen LogP contribution >= 0.6 is 0 Å². The Labute approximate surface area is 113 Å². The van der Waals surface area contributed by atoms with E-state index in [9.17, 15) is 9.90 Å². The highest BCUT2D eigenvalue weighted by Crippen LogP contribution is 2.22. The Balaban J connectivity index is 2.12. The number of nitrogens with two attached hydrogens (primary N) is 1. The van der Waals surface area contributed by atoms with E-state index >= 15 is 0 Å². The highest BCUT2D eigenvalue weighted by Gasteiger charge is 2.23. The first-order valence-corrected chi connectivity index (χ1v) is 6.57. The molecule has 1 heterocycles. The van der Waals surface area contributed by atoms with Gasteiger partial charge in [0.15, 0.2) is 0 Å². The first kappa shape index (κ1) is 13.7. The number of nitrogen functional groups attached to an aromatic ring is 1. The maximum atomic E-state index is 12.4. The lowest BCUT2D eigenvalue weighted by Crippen LogP contribution is -2.35. The summed E-state index contributed by atoms with van der Waals surface area (Å²) in [6, 6.07) is 4.45. The zero-order valence-electron chi connectivity index (χ0n) is 11.1. The average Bonchev–Trinajstić information content (AvgIpc) is 2.91. The van der Waals surface area contributed by atoms with E-state index < -0.39 is 0 Å². The molecule has 1 atom stereocenters. The van der Waals surface area contributed by atoms with Crippen LogP contribution in [0.2, 0.25) is 0 Å². The SMILES string of the molecule is CCN(CC1CCOC1)C(=O)c1cc(O)ccc1N. The number of nitrogens with zero attached hydrogens (tertiary/aromatic N) is 1. The number of hydrogen-bond acceptors (Lipinski definition) is 4. The van der Waals surface area contributed by atoms with E-state index in [2.05, 4.69) is 0 Å². The lowest BCUT2D eigenvalue weighted by molar-refractivity contribution is 0.0731. The van der Waals surface area contributed by atoms with Crippen LogP contribution < -0.4 is 5.73 Å². The molecular formula is C14H20N2O3. The van der Waals surface area contributed by atoms with Crippen molar-refractivity contribution in [2.45, 2.75) is 13.3 Å². The van der Waals surface area contributed by atoms with Gasteiger partial charge in [-0.1, -0.05) is 0 Å². The average molecular weight is 264 g/mol. The molecule has 1 aromatic carbocycles. The van der Waals surface area contributed by atoms with Crippen LogP contribution in [0.4, 0.5) is 5.69 Å². The first-order valence-electron chi connectivity index (χ1n) is 6.57. The molecule has 1 aliphatic heterocycles. The van der Waals surface area contributed by atoms with Crippen LogP contribution in [0.15, 0.2) is 18.2 Å². The monoisotopic (exact) mass is 264 g/mol. The summed E-state index contributed by atoms with van der Waals surface area (Å²) in [6.07, 6.45) is 0.985. The van der Waals surface area contributed by atoms with Gasteiger partial charge >= 0.3 is 0 Å². The number of hydrogen-bond donors (Lipinski definition) is 2. The fourth-order valence-corrected chi connectivity index (χ4v) is 2.29. The molecule has 0 saturated carbocycles. The number of ether oxygens (including phenoxy) is 1. The third-order valence-electron chi connectivity index (χ3n) is 3.44. The van der Waals surface area contributed by atoms with Gasteiger partial charge in [-0.2, -0.15) is 0 Å². The van der Waals surface area contributed by atoms with Crippen LogP contribution in [0, 0.1) is 5.92 Å². The predicted molar refractivity (Wildman–Crippen MR) is 73.0 cm³/mol. The first-order chi connectivity index (χ1) is 9.11. The second kappa shape index (κ2) is 5.93. The van der Waals surface area contributed by atoms with Gasteiger partial charge in [0.2, 0.25) is 0 Å². The van der Waals surface area contributed by atoms with Gasteiger partial charge in [-0.3, -0.25) is 4.79 Å². The Morgan fingerprint density at radius 2 is 2.37 bits per heavy atom. The third-order valence-corrected chi connectivity index (χ3v) is 3.44. The van der Waals surface area contributed by atoms with Gasteiger partial charge in [0.1, 0.15) is 5.75 Å². The minimum Gasteiger partial charge on any atom is -0.508 e. The quantitative estimate of drug-likeness (QED) is 0.638. The van der Waals surface area contributed by atoms with Crippen LogP contribution in [-0.4, -0.2) is 42.2 Å². The minimum atomic E-state index is -0.136. The van der Waals surface area contributed by atoms with E-state index in [4.69, 9.17) is 10.5 Å². The van der Waals surface area contributed by atoms with Crippen molar-refractivity contribution in [3.8, 4) is 5.75 Å². The third kappa shape index (κ3) is 3.17. The summed E-state index contributed by atoms with van der Waals surface area (Å²) in [6.45, 7) is 4.70. The summed E-state index contributed by atoms with van der Waals surface area (Å²) in [4.78, 5) is 14.2. The Morgan fingerprint density at radius 1 is 1.58 bits per heavy atom. The Kier molecular flexibility index (Phi) is 4.27. The van der Waals surface area contributed by atoms with E-state index in [0.717, 1.165) is 13.0 Å². The second-order valence-corrected chi connectivity index (χ2v) is 4.84. The molecule has 1 amide bonds. The van der Waals surface area contributed by atoms with Crippen LogP contribution in [0.1, 0.15) is 23.7 Å². The molecule has 19 heavy (non-hydrogen) atoms. The van der Waals surface area contributed by atoms with Gasteiger partial charge in [-0.15, -0.1) is 0 Å². The molecule has 2 rings (SSSR count). The molecule has 0 spiro atoms. The Bertz CT molecular complexity index is 456. The highest BCUT2D eigenvalue weighted by atomic mass is 16.5. The van der Waals surface area contributed by atoms with E-state index in [0.29, 0.717) is 36.9 Å². The summed E-state index contributed by atoms with van der Waals surface area (Å²) in [5.74, 6) is 0.308. The summed E-state index contributed by atoms with van der Waals surface area (Å²) in [7, 11) is 0. The smallest absolute Gasteiger partial charge is 0.256 e. The molecule has 0 aromatic heterocycles. The predicted octanol–water partition coefficient (Wildman–Crippen LogP) is 1.47. The summed E-state index contributed by atoms with van der Waals surface area (Å²) in [5.41, 5.74) is 6.56.